The zero-order valence-electron chi connectivity index (χ0n) is 18.2. The Labute approximate surface area is 229 Å². The number of imide groups is 1. The molecular formula is C25H17Cl2FINO4S. The monoisotopic (exact) mass is 643 g/mol. The summed E-state index contributed by atoms with van der Waals surface area (Å²) in [6.45, 7) is 0.00602. The lowest BCUT2D eigenvalue weighted by atomic mass is 10.1. The maximum Gasteiger partial charge on any atom is 0.293 e. The number of rotatable bonds is 7. The summed E-state index contributed by atoms with van der Waals surface area (Å²) in [4.78, 5) is 26.9. The van der Waals surface area contributed by atoms with E-state index in [1.54, 1.807) is 48.5 Å². The van der Waals surface area contributed by atoms with E-state index in [1.807, 2.05) is 0 Å². The average molecular weight is 644 g/mol. The van der Waals surface area contributed by atoms with Crippen LogP contribution < -0.4 is 9.47 Å². The number of methoxy groups -OCH3 is 1. The Morgan fingerprint density at radius 1 is 1.09 bits per heavy atom. The molecule has 1 aliphatic heterocycles. The molecule has 2 amide bonds. The summed E-state index contributed by atoms with van der Waals surface area (Å²) in [5.41, 5.74) is 1.57. The molecular weight excluding hydrogens is 627 g/mol. The molecule has 1 saturated heterocycles. The topological polar surface area (TPSA) is 55.8 Å². The first kappa shape index (κ1) is 25.8. The standard InChI is InChI=1S/C25H17Cl2FINO4S/c1-33-21-10-14(9-20(29)23(21)34-13-16-18(27)7-4-8-19(16)28)11-22-24(31)30(25(32)35-22)12-15-5-2-3-6-17(15)26/h2-11H,12-13H2,1H3/b22-11-. The number of amides is 2. The summed E-state index contributed by atoms with van der Waals surface area (Å²) in [6.07, 6.45) is 1.62. The third-order valence-electron chi connectivity index (χ3n) is 5.13. The molecule has 0 spiro atoms. The lowest BCUT2D eigenvalue weighted by Crippen LogP contribution is -2.27. The predicted octanol–water partition coefficient (Wildman–Crippen LogP) is 7.56. The number of hydrogen-bond donors (Lipinski definition) is 0. The molecule has 0 bridgehead atoms. The van der Waals surface area contributed by atoms with Gasteiger partial charge in [0.25, 0.3) is 11.1 Å². The van der Waals surface area contributed by atoms with Crippen LogP contribution in [0.25, 0.3) is 6.08 Å². The largest absolute Gasteiger partial charge is 0.493 e. The number of carbonyl (C=O) groups is 2. The van der Waals surface area contributed by atoms with Gasteiger partial charge in [0.2, 0.25) is 0 Å². The molecule has 0 aliphatic carbocycles. The molecule has 5 nitrogen and oxygen atoms in total. The second-order valence-corrected chi connectivity index (χ2v) is 10.4. The minimum Gasteiger partial charge on any atom is -0.493 e. The van der Waals surface area contributed by atoms with E-state index in [0.29, 0.717) is 31.2 Å². The molecule has 1 heterocycles. The van der Waals surface area contributed by atoms with Crippen molar-refractivity contribution in [3.05, 3.63) is 95.6 Å². The molecule has 0 aromatic heterocycles. The number of ether oxygens (including phenoxy) is 2. The Kier molecular flexibility index (Phi) is 8.26. The Hall–Kier alpha value is -2.27. The molecule has 0 unspecified atom stereocenters. The number of carbonyl (C=O) groups excluding carboxylic acids is 2. The van der Waals surface area contributed by atoms with Gasteiger partial charge in [0, 0.05) is 10.6 Å². The molecule has 180 valence electrons. The number of benzene rings is 3. The average Bonchev–Trinajstić information content (AvgIpc) is 3.08. The minimum absolute atomic E-state index is 0.0852. The second kappa shape index (κ2) is 11.2. The fraction of sp³-hybridized carbons (Fsp3) is 0.120. The fourth-order valence-corrected chi connectivity index (χ4v) is 5.39. The van der Waals surface area contributed by atoms with Gasteiger partial charge in [0.05, 0.1) is 27.2 Å². The summed E-state index contributed by atoms with van der Waals surface area (Å²) in [5.74, 6) is -0.0543. The van der Waals surface area contributed by atoms with E-state index in [9.17, 15) is 14.0 Å². The zero-order valence-corrected chi connectivity index (χ0v) is 22.7. The van der Waals surface area contributed by atoms with Gasteiger partial charge in [0.1, 0.15) is 12.4 Å². The van der Waals surface area contributed by atoms with Crippen molar-refractivity contribution in [1.82, 2.24) is 4.90 Å². The van der Waals surface area contributed by atoms with Gasteiger partial charge in [-0.15, -0.1) is 0 Å². The van der Waals surface area contributed by atoms with Gasteiger partial charge in [-0.3, -0.25) is 14.5 Å². The van der Waals surface area contributed by atoms with Crippen molar-refractivity contribution in [2.75, 3.05) is 7.11 Å². The van der Waals surface area contributed by atoms with Gasteiger partial charge in [-0.1, -0.05) is 47.5 Å². The van der Waals surface area contributed by atoms with Gasteiger partial charge in [-0.05, 0) is 81.9 Å². The quantitative estimate of drug-likeness (QED) is 0.196. The van der Waals surface area contributed by atoms with E-state index in [2.05, 4.69) is 22.6 Å². The van der Waals surface area contributed by atoms with Crippen LogP contribution in [0.15, 0.2) is 59.5 Å². The number of thioether (sulfide) groups is 1. The first-order chi connectivity index (χ1) is 16.8. The van der Waals surface area contributed by atoms with Crippen molar-refractivity contribution in [2.45, 2.75) is 13.2 Å². The van der Waals surface area contributed by atoms with Crippen molar-refractivity contribution >= 4 is 74.8 Å². The first-order valence-electron chi connectivity index (χ1n) is 10.2. The Balaban J connectivity index is 1.56. The summed E-state index contributed by atoms with van der Waals surface area (Å²) >= 11 is 15.2. The third kappa shape index (κ3) is 5.77. The van der Waals surface area contributed by atoms with Gasteiger partial charge in [-0.2, -0.15) is 0 Å². The molecule has 3 aromatic carbocycles. The number of nitrogens with zero attached hydrogens (tertiary/aromatic N) is 1. The third-order valence-corrected chi connectivity index (χ3v) is 7.56. The normalized spacial score (nSPS) is 14.7. The van der Waals surface area contributed by atoms with Crippen LogP contribution in [0, 0.1) is 9.39 Å². The molecule has 10 heteroatoms. The number of hydrogen-bond acceptors (Lipinski definition) is 5. The van der Waals surface area contributed by atoms with Crippen molar-refractivity contribution < 1.29 is 23.5 Å². The molecule has 4 rings (SSSR count). The summed E-state index contributed by atoms with van der Waals surface area (Å²) < 4.78 is 26.1. The van der Waals surface area contributed by atoms with Crippen LogP contribution in [0.1, 0.15) is 16.7 Å². The van der Waals surface area contributed by atoms with Crippen LogP contribution in [0.4, 0.5) is 9.18 Å². The van der Waals surface area contributed by atoms with Crippen LogP contribution in [0.5, 0.6) is 11.5 Å². The zero-order chi connectivity index (χ0) is 25.1. The van der Waals surface area contributed by atoms with Gasteiger partial charge in [-0.25, -0.2) is 4.39 Å². The molecule has 0 atom stereocenters. The second-order valence-electron chi connectivity index (χ2n) is 7.38. The number of halogens is 4. The summed E-state index contributed by atoms with van der Waals surface area (Å²) in [6, 6.07) is 15.0. The smallest absolute Gasteiger partial charge is 0.293 e. The SMILES string of the molecule is COc1cc(/C=C2\SC(=O)N(Cc3ccccc3Cl)C2=O)cc(I)c1OCc1c(F)cccc1Cl. The van der Waals surface area contributed by atoms with E-state index in [4.69, 9.17) is 32.7 Å². The van der Waals surface area contributed by atoms with Crippen LogP contribution in [0.2, 0.25) is 10.0 Å². The van der Waals surface area contributed by atoms with E-state index in [0.717, 1.165) is 16.7 Å². The molecule has 0 radical (unpaired) electrons. The maximum absolute atomic E-state index is 14.1. The molecule has 35 heavy (non-hydrogen) atoms. The highest BCUT2D eigenvalue weighted by molar-refractivity contribution is 14.1. The highest BCUT2D eigenvalue weighted by Crippen LogP contribution is 2.38. The maximum atomic E-state index is 14.1. The predicted molar refractivity (Wildman–Crippen MR) is 144 cm³/mol. The van der Waals surface area contributed by atoms with E-state index in [1.165, 1.54) is 19.2 Å². The molecule has 3 aromatic rings. The Bertz CT molecular complexity index is 1330. The van der Waals surface area contributed by atoms with E-state index < -0.39 is 11.7 Å². The van der Waals surface area contributed by atoms with E-state index >= 15 is 0 Å². The summed E-state index contributed by atoms with van der Waals surface area (Å²) in [7, 11) is 1.48. The Morgan fingerprint density at radius 2 is 1.83 bits per heavy atom. The minimum atomic E-state index is -0.462. The Morgan fingerprint density at radius 3 is 2.54 bits per heavy atom. The van der Waals surface area contributed by atoms with Crippen LogP contribution in [-0.2, 0) is 17.9 Å². The van der Waals surface area contributed by atoms with Crippen LogP contribution >= 0.6 is 57.6 Å². The first-order valence-corrected chi connectivity index (χ1v) is 12.9. The van der Waals surface area contributed by atoms with Crippen LogP contribution in [0.3, 0.4) is 0 Å². The molecule has 0 saturated carbocycles. The molecule has 0 N–H and O–H groups in total. The molecule has 1 fully saturated rings. The lowest BCUT2D eigenvalue weighted by molar-refractivity contribution is -0.123. The fourth-order valence-electron chi connectivity index (χ4n) is 3.36. The van der Waals surface area contributed by atoms with Crippen molar-refractivity contribution in [2.24, 2.45) is 0 Å². The highest BCUT2D eigenvalue weighted by Gasteiger charge is 2.35. The highest BCUT2D eigenvalue weighted by atomic mass is 127. The van der Waals surface area contributed by atoms with Gasteiger partial charge < -0.3 is 9.47 Å². The van der Waals surface area contributed by atoms with Gasteiger partial charge >= 0.3 is 0 Å². The van der Waals surface area contributed by atoms with Crippen molar-refractivity contribution in [3.8, 4) is 11.5 Å². The van der Waals surface area contributed by atoms with Crippen molar-refractivity contribution in [1.29, 1.82) is 0 Å². The van der Waals surface area contributed by atoms with Gasteiger partial charge in [0.15, 0.2) is 11.5 Å². The summed E-state index contributed by atoms with van der Waals surface area (Å²) in [5, 5.41) is 0.384. The van der Waals surface area contributed by atoms with Crippen molar-refractivity contribution in [3.63, 3.8) is 0 Å². The lowest BCUT2D eigenvalue weighted by Gasteiger charge is -2.15. The molecule has 1 aliphatic rings. The van der Waals surface area contributed by atoms with Crippen LogP contribution in [-0.4, -0.2) is 23.2 Å². The van der Waals surface area contributed by atoms with E-state index in [-0.39, 0.29) is 33.9 Å².